The van der Waals surface area contributed by atoms with Crippen LogP contribution in [0.25, 0.3) is 0 Å². The molecule has 1 aliphatic heterocycles. The summed E-state index contributed by atoms with van der Waals surface area (Å²) in [5, 5.41) is 8.69. The highest BCUT2D eigenvalue weighted by Gasteiger charge is 2.31. The third kappa shape index (κ3) is 4.28. The largest absolute Gasteiger partial charge is 0.481 e. The molecule has 1 N–H and O–H groups in total. The van der Waals surface area contributed by atoms with Gasteiger partial charge >= 0.3 is 5.97 Å². The molecule has 0 aromatic carbocycles. The Morgan fingerprint density at radius 3 is 2.59 bits per heavy atom. The maximum atomic E-state index is 10.5. The lowest BCUT2D eigenvalue weighted by Crippen LogP contribution is -2.42. The Balaban J connectivity index is 2.46. The first-order valence-corrected chi connectivity index (χ1v) is 6.59. The van der Waals surface area contributed by atoms with Gasteiger partial charge in [0.05, 0.1) is 0 Å². The molecule has 1 rings (SSSR count). The summed E-state index contributed by atoms with van der Waals surface area (Å²) in [6, 6.07) is 1.72. The molecule has 1 fully saturated rings. The van der Waals surface area contributed by atoms with Crippen LogP contribution in [0.2, 0.25) is 0 Å². The van der Waals surface area contributed by atoms with Gasteiger partial charge in [-0.15, -0.1) is 0 Å². The molecular weight excluding hydrogens is 216 g/mol. The van der Waals surface area contributed by atoms with Crippen molar-refractivity contribution in [3.63, 3.8) is 0 Å². The standard InChI is InChI=1S/C13H26N2O2/c1-10(2)15(7-5-6-13(16)17)12-8-11(3)14(4)9-12/h10-12H,5-9H2,1-4H3,(H,16,17). The van der Waals surface area contributed by atoms with Gasteiger partial charge in [-0.3, -0.25) is 9.69 Å². The van der Waals surface area contributed by atoms with Crippen LogP contribution in [-0.4, -0.2) is 59.1 Å². The van der Waals surface area contributed by atoms with E-state index in [0.717, 1.165) is 19.5 Å². The Morgan fingerprint density at radius 2 is 2.18 bits per heavy atom. The van der Waals surface area contributed by atoms with Gasteiger partial charge in [0.1, 0.15) is 0 Å². The number of carbonyl (C=O) groups is 1. The number of nitrogens with zero attached hydrogens (tertiary/aromatic N) is 2. The fraction of sp³-hybridized carbons (Fsp3) is 0.923. The number of hydrogen-bond acceptors (Lipinski definition) is 3. The highest BCUT2D eigenvalue weighted by molar-refractivity contribution is 5.66. The van der Waals surface area contributed by atoms with Gasteiger partial charge in [-0.05, 0) is 47.2 Å². The predicted molar refractivity (Wildman–Crippen MR) is 69.2 cm³/mol. The molecule has 0 aliphatic carbocycles. The molecule has 0 bridgehead atoms. The SMILES string of the molecule is CC1CC(N(CCCC(=O)O)C(C)C)CN1C. The molecule has 1 saturated heterocycles. The van der Waals surface area contributed by atoms with E-state index in [9.17, 15) is 4.79 Å². The quantitative estimate of drug-likeness (QED) is 0.769. The fourth-order valence-corrected chi connectivity index (χ4v) is 2.68. The van der Waals surface area contributed by atoms with Crippen LogP contribution in [0.4, 0.5) is 0 Å². The van der Waals surface area contributed by atoms with E-state index in [2.05, 4.69) is 37.6 Å². The van der Waals surface area contributed by atoms with Crippen LogP contribution < -0.4 is 0 Å². The summed E-state index contributed by atoms with van der Waals surface area (Å²) in [5.74, 6) is -0.689. The minimum absolute atomic E-state index is 0.279. The Labute approximate surface area is 105 Å². The summed E-state index contributed by atoms with van der Waals surface area (Å²) in [6.07, 6.45) is 2.23. The Hall–Kier alpha value is -0.610. The van der Waals surface area contributed by atoms with Crippen molar-refractivity contribution in [3.05, 3.63) is 0 Å². The third-order valence-corrected chi connectivity index (χ3v) is 3.80. The molecule has 0 aromatic rings. The minimum Gasteiger partial charge on any atom is -0.481 e. The van der Waals surface area contributed by atoms with Crippen LogP contribution in [0.15, 0.2) is 0 Å². The molecule has 0 aromatic heterocycles. The van der Waals surface area contributed by atoms with Crippen molar-refractivity contribution < 1.29 is 9.90 Å². The second kappa shape index (κ2) is 6.36. The predicted octanol–water partition coefficient (Wildman–Crippen LogP) is 1.65. The first-order chi connectivity index (χ1) is 7.91. The van der Waals surface area contributed by atoms with Gasteiger partial charge in [-0.1, -0.05) is 0 Å². The van der Waals surface area contributed by atoms with Crippen LogP contribution in [0, 0.1) is 0 Å². The molecule has 0 spiro atoms. The van der Waals surface area contributed by atoms with E-state index in [1.807, 2.05) is 0 Å². The molecular formula is C13H26N2O2. The smallest absolute Gasteiger partial charge is 0.303 e. The van der Waals surface area contributed by atoms with E-state index in [4.69, 9.17) is 5.11 Å². The van der Waals surface area contributed by atoms with Crippen molar-refractivity contribution in [1.29, 1.82) is 0 Å². The topological polar surface area (TPSA) is 43.8 Å². The van der Waals surface area contributed by atoms with E-state index >= 15 is 0 Å². The van der Waals surface area contributed by atoms with Crippen molar-refractivity contribution in [3.8, 4) is 0 Å². The number of carboxylic acid groups (broad SMARTS) is 1. The molecule has 4 heteroatoms. The first kappa shape index (κ1) is 14.5. The molecule has 100 valence electrons. The van der Waals surface area contributed by atoms with Gasteiger partial charge in [0.2, 0.25) is 0 Å². The summed E-state index contributed by atoms with van der Waals surface area (Å²) < 4.78 is 0. The Morgan fingerprint density at radius 1 is 1.53 bits per heavy atom. The average Bonchev–Trinajstić information content (AvgIpc) is 2.53. The Bertz CT molecular complexity index is 246. The molecule has 0 saturated carbocycles. The van der Waals surface area contributed by atoms with Crippen LogP contribution in [-0.2, 0) is 4.79 Å². The molecule has 2 atom stereocenters. The van der Waals surface area contributed by atoms with Gasteiger partial charge in [0.25, 0.3) is 0 Å². The summed E-state index contributed by atoms with van der Waals surface area (Å²) in [7, 11) is 2.17. The minimum atomic E-state index is -0.689. The third-order valence-electron chi connectivity index (χ3n) is 3.80. The lowest BCUT2D eigenvalue weighted by Gasteiger charge is -2.32. The van der Waals surface area contributed by atoms with Crippen LogP contribution >= 0.6 is 0 Å². The van der Waals surface area contributed by atoms with Crippen molar-refractivity contribution in [2.75, 3.05) is 20.1 Å². The molecule has 17 heavy (non-hydrogen) atoms. The van der Waals surface area contributed by atoms with E-state index in [-0.39, 0.29) is 6.42 Å². The van der Waals surface area contributed by atoms with Crippen LogP contribution in [0.1, 0.15) is 40.0 Å². The molecule has 2 unspecified atom stereocenters. The molecule has 1 aliphatic rings. The van der Waals surface area contributed by atoms with Crippen LogP contribution in [0.5, 0.6) is 0 Å². The summed E-state index contributed by atoms with van der Waals surface area (Å²) in [6.45, 7) is 8.66. The van der Waals surface area contributed by atoms with E-state index in [0.29, 0.717) is 18.1 Å². The van der Waals surface area contributed by atoms with Crippen molar-refractivity contribution in [2.45, 2.75) is 58.2 Å². The van der Waals surface area contributed by atoms with Crippen molar-refractivity contribution >= 4 is 5.97 Å². The number of aliphatic carboxylic acids is 1. The number of rotatable bonds is 6. The van der Waals surface area contributed by atoms with E-state index in [1.165, 1.54) is 6.42 Å². The second-order valence-corrected chi connectivity index (χ2v) is 5.51. The average molecular weight is 242 g/mol. The lowest BCUT2D eigenvalue weighted by atomic mass is 10.1. The van der Waals surface area contributed by atoms with Gasteiger partial charge in [-0.2, -0.15) is 0 Å². The van der Waals surface area contributed by atoms with Crippen LogP contribution in [0.3, 0.4) is 0 Å². The molecule has 0 amide bonds. The number of hydrogen-bond donors (Lipinski definition) is 1. The highest BCUT2D eigenvalue weighted by atomic mass is 16.4. The first-order valence-electron chi connectivity index (χ1n) is 6.59. The lowest BCUT2D eigenvalue weighted by molar-refractivity contribution is -0.137. The van der Waals surface area contributed by atoms with Gasteiger partial charge in [0, 0.05) is 31.1 Å². The van der Waals surface area contributed by atoms with Crippen molar-refractivity contribution in [2.24, 2.45) is 0 Å². The monoisotopic (exact) mass is 242 g/mol. The normalized spacial score (nSPS) is 26.0. The van der Waals surface area contributed by atoms with Gasteiger partial charge < -0.3 is 10.0 Å². The van der Waals surface area contributed by atoms with Gasteiger partial charge in [-0.25, -0.2) is 0 Å². The second-order valence-electron chi connectivity index (χ2n) is 5.51. The summed E-state index contributed by atoms with van der Waals surface area (Å²) >= 11 is 0. The maximum absolute atomic E-state index is 10.5. The zero-order valence-corrected chi connectivity index (χ0v) is 11.5. The molecule has 0 radical (unpaired) electrons. The van der Waals surface area contributed by atoms with Crippen molar-refractivity contribution in [1.82, 2.24) is 9.80 Å². The number of likely N-dealkylation sites (tertiary alicyclic amines) is 1. The Kier molecular flexibility index (Phi) is 5.40. The molecule has 1 heterocycles. The maximum Gasteiger partial charge on any atom is 0.303 e. The summed E-state index contributed by atoms with van der Waals surface area (Å²) in [4.78, 5) is 15.4. The zero-order chi connectivity index (χ0) is 13.0. The summed E-state index contributed by atoms with van der Waals surface area (Å²) in [5.41, 5.74) is 0. The fourth-order valence-electron chi connectivity index (χ4n) is 2.68. The number of carboxylic acids is 1. The van der Waals surface area contributed by atoms with E-state index < -0.39 is 5.97 Å². The van der Waals surface area contributed by atoms with E-state index in [1.54, 1.807) is 0 Å². The van der Waals surface area contributed by atoms with Gasteiger partial charge in [0.15, 0.2) is 0 Å². The molecule has 4 nitrogen and oxygen atoms in total. The number of likely N-dealkylation sites (N-methyl/N-ethyl adjacent to an activating group) is 1. The highest BCUT2D eigenvalue weighted by Crippen LogP contribution is 2.22. The zero-order valence-electron chi connectivity index (χ0n) is 11.5.